The molecule has 34 heavy (non-hydrogen) atoms. The number of fused-ring (bicyclic) bond motifs is 1. The van der Waals surface area contributed by atoms with Crippen LogP contribution in [0, 0.1) is 31.5 Å². The summed E-state index contributed by atoms with van der Waals surface area (Å²) in [5.41, 5.74) is 3.86. The Morgan fingerprint density at radius 2 is 1.79 bits per heavy atom. The zero-order valence-corrected chi connectivity index (χ0v) is 21.0. The second kappa shape index (κ2) is 9.80. The first-order chi connectivity index (χ1) is 16.4. The smallest absolute Gasteiger partial charge is 0.257 e. The normalized spacial score (nSPS) is 24.5. The Morgan fingerprint density at radius 1 is 1.09 bits per heavy atom. The number of aromatic nitrogens is 2. The van der Waals surface area contributed by atoms with Crippen molar-refractivity contribution in [1.29, 1.82) is 0 Å². The van der Waals surface area contributed by atoms with E-state index in [0.717, 1.165) is 61.7 Å². The van der Waals surface area contributed by atoms with Crippen molar-refractivity contribution < 1.29 is 9.18 Å². The van der Waals surface area contributed by atoms with Crippen LogP contribution in [-0.4, -0.2) is 58.2 Å². The monoisotopic (exact) mass is 466 g/mol. The maximum Gasteiger partial charge on any atom is 0.257 e. The fourth-order valence-electron chi connectivity index (χ4n) is 6.61. The summed E-state index contributed by atoms with van der Waals surface area (Å²) in [4.78, 5) is 18.2. The molecule has 184 valence electrons. The number of benzene rings is 1. The highest BCUT2D eigenvalue weighted by Crippen LogP contribution is 2.35. The van der Waals surface area contributed by atoms with E-state index < -0.39 is 0 Å². The molecular formula is C28H39FN4O. The van der Waals surface area contributed by atoms with Crippen molar-refractivity contribution in [2.75, 3.05) is 32.7 Å². The topological polar surface area (TPSA) is 41.4 Å². The summed E-state index contributed by atoms with van der Waals surface area (Å²) in [6.45, 7) is 11.1. The predicted molar refractivity (Wildman–Crippen MR) is 133 cm³/mol. The van der Waals surface area contributed by atoms with Crippen LogP contribution in [0.25, 0.3) is 0 Å². The molecule has 2 unspecified atom stereocenters. The molecule has 3 fully saturated rings. The second-order valence-electron chi connectivity index (χ2n) is 11.0. The molecule has 2 aromatic rings. The lowest BCUT2D eigenvalue weighted by molar-refractivity contribution is 0.0772. The minimum Gasteiger partial charge on any atom is -0.338 e. The van der Waals surface area contributed by atoms with Crippen molar-refractivity contribution in [3.8, 4) is 0 Å². The third-order valence-electron chi connectivity index (χ3n) is 8.60. The van der Waals surface area contributed by atoms with Gasteiger partial charge >= 0.3 is 0 Å². The summed E-state index contributed by atoms with van der Waals surface area (Å²) in [6, 6.07) is 7.45. The van der Waals surface area contributed by atoms with Gasteiger partial charge < -0.3 is 9.80 Å². The average molecular weight is 467 g/mol. The van der Waals surface area contributed by atoms with E-state index in [2.05, 4.69) is 28.3 Å². The Morgan fingerprint density at radius 3 is 2.47 bits per heavy atom. The van der Waals surface area contributed by atoms with Gasteiger partial charge in [-0.3, -0.25) is 9.48 Å². The predicted octanol–water partition coefficient (Wildman–Crippen LogP) is 5.34. The first-order valence-electron chi connectivity index (χ1n) is 13.2. The second-order valence-corrected chi connectivity index (χ2v) is 11.0. The number of aryl methyl sites for hydroxylation is 1. The van der Waals surface area contributed by atoms with Gasteiger partial charge in [-0.05, 0) is 75.1 Å². The fourth-order valence-corrected chi connectivity index (χ4v) is 6.61. The maximum absolute atomic E-state index is 13.5. The molecule has 1 aromatic carbocycles. The molecule has 3 aliphatic rings. The van der Waals surface area contributed by atoms with Gasteiger partial charge in [0.2, 0.25) is 0 Å². The Hall–Kier alpha value is -2.21. The van der Waals surface area contributed by atoms with Crippen LogP contribution in [0.3, 0.4) is 0 Å². The molecule has 1 amide bonds. The molecule has 2 aliphatic heterocycles. The number of carbonyl (C=O) groups is 1. The van der Waals surface area contributed by atoms with Gasteiger partial charge in [-0.15, -0.1) is 0 Å². The molecular weight excluding hydrogens is 427 g/mol. The Labute approximate surface area is 203 Å². The lowest BCUT2D eigenvalue weighted by Gasteiger charge is -2.24. The van der Waals surface area contributed by atoms with Crippen LogP contribution in [0.1, 0.15) is 84.7 Å². The van der Waals surface area contributed by atoms with Crippen LogP contribution in [0.15, 0.2) is 24.3 Å². The molecule has 1 saturated carbocycles. The van der Waals surface area contributed by atoms with E-state index in [1.165, 1.54) is 38.2 Å². The molecule has 5 rings (SSSR count). The molecule has 6 heteroatoms. The highest BCUT2D eigenvalue weighted by Gasteiger charge is 2.42. The number of amides is 1. The first-order valence-corrected chi connectivity index (χ1v) is 13.2. The molecule has 0 N–H and O–H groups in total. The van der Waals surface area contributed by atoms with Crippen LogP contribution in [-0.2, 0) is 0 Å². The SMILES string of the molecule is Cc1nn(C2CCCCC2)c(C)c1C(=O)N1CC2CN(CC[C@H](C)c3cccc(F)c3)CC2C1. The molecule has 0 spiro atoms. The van der Waals surface area contributed by atoms with Crippen molar-refractivity contribution in [2.45, 2.75) is 71.3 Å². The van der Waals surface area contributed by atoms with Crippen LogP contribution in [0.4, 0.5) is 4.39 Å². The third kappa shape index (κ3) is 4.66. The average Bonchev–Trinajstić information content (AvgIpc) is 3.49. The third-order valence-corrected chi connectivity index (χ3v) is 8.60. The van der Waals surface area contributed by atoms with Gasteiger partial charge in [0.25, 0.3) is 5.91 Å². The van der Waals surface area contributed by atoms with Gasteiger partial charge in [-0.2, -0.15) is 5.10 Å². The quantitative estimate of drug-likeness (QED) is 0.577. The molecule has 0 radical (unpaired) electrons. The number of halogens is 1. The lowest BCUT2D eigenvalue weighted by atomic mass is 9.95. The molecule has 1 aliphatic carbocycles. The summed E-state index contributed by atoms with van der Waals surface area (Å²) in [5.74, 6) is 1.49. The van der Waals surface area contributed by atoms with Crippen LogP contribution in [0.2, 0.25) is 0 Å². The molecule has 5 nitrogen and oxygen atoms in total. The standard InChI is InChI=1S/C28H39FN4O/c1-19(22-8-7-9-25(29)14-22)12-13-31-15-23-17-32(18-24(23)16-31)28(34)27-20(2)30-33(21(27)3)26-10-5-4-6-11-26/h7-9,14,19,23-24,26H,4-6,10-13,15-18H2,1-3H3/t19-,23?,24?/m0/s1. The Bertz CT molecular complexity index is 1010. The highest BCUT2D eigenvalue weighted by atomic mass is 19.1. The maximum atomic E-state index is 13.5. The highest BCUT2D eigenvalue weighted by molar-refractivity contribution is 5.96. The summed E-state index contributed by atoms with van der Waals surface area (Å²) < 4.78 is 15.7. The van der Waals surface area contributed by atoms with Gasteiger partial charge in [-0.1, -0.05) is 38.3 Å². The summed E-state index contributed by atoms with van der Waals surface area (Å²) in [6.07, 6.45) is 7.23. The van der Waals surface area contributed by atoms with Gasteiger partial charge in [0.05, 0.1) is 17.3 Å². The molecule has 2 saturated heterocycles. The summed E-state index contributed by atoms with van der Waals surface area (Å²) in [5, 5.41) is 4.82. The zero-order chi connectivity index (χ0) is 23.8. The number of likely N-dealkylation sites (tertiary alicyclic amines) is 2. The van der Waals surface area contributed by atoms with E-state index in [1.807, 2.05) is 13.0 Å². The summed E-state index contributed by atoms with van der Waals surface area (Å²) in [7, 11) is 0. The number of hydrogen-bond donors (Lipinski definition) is 0. The molecule has 1 aromatic heterocycles. The van der Waals surface area contributed by atoms with Crippen LogP contribution in [0.5, 0.6) is 0 Å². The molecule has 3 heterocycles. The molecule has 0 bridgehead atoms. The minimum absolute atomic E-state index is 0.153. The molecule has 3 atom stereocenters. The van der Waals surface area contributed by atoms with Crippen LogP contribution >= 0.6 is 0 Å². The zero-order valence-electron chi connectivity index (χ0n) is 21.0. The van der Waals surface area contributed by atoms with E-state index in [4.69, 9.17) is 5.10 Å². The lowest BCUT2D eigenvalue weighted by Crippen LogP contribution is -2.34. The number of nitrogens with zero attached hydrogens (tertiary/aromatic N) is 4. The number of rotatable bonds is 6. The van der Waals surface area contributed by atoms with Crippen LogP contribution < -0.4 is 0 Å². The van der Waals surface area contributed by atoms with E-state index in [0.29, 0.717) is 23.8 Å². The van der Waals surface area contributed by atoms with Crippen molar-refractivity contribution in [3.05, 3.63) is 52.6 Å². The van der Waals surface area contributed by atoms with Crippen molar-refractivity contribution in [2.24, 2.45) is 11.8 Å². The van der Waals surface area contributed by atoms with E-state index >= 15 is 0 Å². The fraction of sp³-hybridized carbons (Fsp3) is 0.643. The first kappa shape index (κ1) is 23.5. The van der Waals surface area contributed by atoms with Crippen molar-refractivity contribution >= 4 is 5.91 Å². The number of hydrogen-bond acceptors (Lipinski definition) is 3. The van der Waals surface area contributed by atoms with Crippen molar-refractivity contribution in [3.63, 3.8) is 0 Å². The van der Waals surface area contributed by atoms with Crippen molar-refractivity contribution in [1.82, 2.24) is 19.6 Å². The van der Waals surface area contributed by atoms with E-state index in [-0.39, 0.29) is 11.7 Å². The minimum atomic E-state index is -0.153. The van der Waals surface area contributed by atoms with Gasteiger partial charge in [0, 0.05) is 31.9 Å². The van der Waals surface area contributed by atoms with E-state index in [9.17, 15) is 9.18 Å². The summed E-state index contributed by atoms with van der Waals surface area (Å²) >= 11 is 0. The van der Waals surface area contributed by atoms with Gasteiger partial charge in [0.15, 0.2) is 0 Å². The van der Waals surface area contributed by atoms with Gasteiger partial charge in [-0.25, -0.2) is 4.39 Å². The Kier molecular flexibility index (Phi) is 6.79. The largest absolute Gasteiger partial charge is 0.338 e. The Balaban J connectivity index is 1.16. The van der Waals surface area contributed by atoms with Gasteiger partial charge in [0.1, 0.15) is 5.82 Å². The number of carbonyl (C=O) groups excluding carboxylic acids is 1. The van der Waals surface area contributed by atoms with E-state index in [1.54, 1.807) is 12.1 Å².